The number of benzene rings is 1. The standard InChI is InChI=1S/C12H12ClFN2O2S/c1-3-5(2)11-15-8-6(13)4-7(14)9(10(8)19-11)16-12(17)18/h4-5,16H,3H2,1-2H3,(H,17,18). The Balaban J connectivity index is 2.67. The number of amides is 1. The molecule has 1 heterocycles. The molecule has 0 aliphatic heterocycles. The van der Waals surface area contributed by atoms with Gasteiger partial charge in [0.2, 0.25) is 0 Å². The molecule has 0 aliphatic rings. The Bertz CT molecular complexity index is 644. The van der Waals surface area contributed by atoms with E-state index in [1.165, 1.54) is 11.3 Å². The normalized spacial score (nSPS) is 12.6. The summed E-state index contributed by atoms with van der Waals surface area (Å²) in [5, 5.41) is 11.8. The van der Waals surface area contributed by atoms with Crippen LogP contribution in [0.25, 0.3) is 10.2 Å². The van der Waals surface area contributed by atoms with Crippen molar-refractivity contribution in [2.24, 2.45) is 0 Å². The lowest BCUT2D eigenvalue weighted by molar-refractivity contribution is 0.209. The lowest BCUT2D eigenvalue weighted by Crippen LogP contribution is -2.08. The summed E-state index contributed by atoms with van der Waals surface area (Å²) in [5.74, 6) is -0.478. The summed E-state index contributed by atoms with van der Waals surface area (Å²) in [6.07, 6.45) is -0.428. The average molecular weight is 303 g/mol. The zero-order valence-electron chi connectivity index (χ0n) is 10.3. The SMILES string of the molecule is CCC(C)c1nc2c(Cl)cc(F)c(NC(=O)O)c2s1. The Hall–Kier alpha value is -1.40. The van der Waals surface area contributed by atoms with Crippen LogP contribution in [0, 0.1) is 5.82 Å². The van der Waals surface area contributed by atoms with Crippen molar-refractivity contribution in [1.29, 1.82) is 0 Å². The van der Waals surface area contributed by atoms with E-state index in [1.807, 2.05) is 13.8 Å². The van der Waals surface area contributed by atoms with E-state index in [2.05, 4.69) is 10.3 Å². The first kappa shape index (κ1) is 14.0. The molecule has 0 fully saturated rings. The lowest BCUT2D eigenvalue weighted by atomic mass is 10.1. The molecule has 0 saturated heterocycles. The summed E-state index contributed by atoms with van der Waals surface area (Å²) in [4.78, 5) is 15.1. The molecular weight excluding hydrogens is 291 g/mol. The quantitative estimate of drug-likeness (QED) is 0.864. The number of nitrogens with zero attached hydrogens (tertiary/aromatic N) is 1. The Morgan fingerprint density at radius 3 is 2.95 bits per heavy atom. The third-order valence-electron chi connectivity index (χ3n) is 2.86. The van der Waals surface area contributed by atoms with Crippen molar-refractivity contribution in [3.63, 3.8) is 0 Å². The van der Waals surface area contributed by atoms with E-state index in [-0.39, 0.29) is 16.6 Å². The molecule has 0 aliphatic carbocycles. The van der Waals surface area contributed by atoms with Crippen LogP contribution in [0.3, 0.4) is 0 Å². The summed E-state index contributed by atoms with van der Waals surface area (Å²) < 4.78 is 14.2. The minimum Gasteiger partial charge on any atom is -0.465 e. The molecule has 2 aromatic rings. The van der Waals surface area contributed by atoms with Crippen molar-refractivity contribution in [2.75, 3.05) is 5.32 Å². The molecule has 2 N–H and O–H groups in total. The van der Waals surface area contributed by atoms with Crippen LogP contribution >= 0.6 is 22.9 Å². The average Bonchev–Trinajstić information content (AvgIpc) is 2.78. The van der Waals surface area contributed by atoms with Crippen LogP contribution in [-0.2, 0) is 0 Å². The smallest absolute Gasteiger partial charge is 0.409 e. The number of aromatic nitrogens is 1. The number of thiazole rings is 1. The van der Waals surface area contributed by atoms with E-state index in [4.69, 9.17) is 16.7 Å². The number of nitrogens with one attached hydrogen (secondary N) is 1. The number of carboxylic acid groups (broad SMARTS) is 1. The van der Waals surface area contributed by atoms with Crippen LogP contribution in [0.5, 0.6) is 0 Å². The molecule has 1 amide bonds. The molecule has 19 heavy (non-hydrogen) atoms. The van der Waals surface area contributed by atoms with Gasteiger partial charge in [0.1, 0.15) is 11.3 Å². The van der Waals surface area contributed by atoms with E-state index < -0.39 is 11.9 Å². The predicted molar refractivity (Wildman–Crippen MR) is 74.9 cm³/mol. The van der Waals surface area contributed by atoms with Gasteiger partial charge in [-0.1, -0.05) is 25.4 Å². The number of anilines is 1. The molecule has 7 heteroatoms. The molecule has 102 valence electrons. The maximum absolute atomic E-state index is 13.8. The van der Waals surface area contributed by atoms with Gasteiger partial charge in [-0.25, -0.2) is 14.2 Å². The molecule has 1 atom stereocenters. The lowest BCUT2D eigenvalue weighted by Gasteiger charge is -2.04. The molecule has 0 radical (unpaired) electrons. The molecule has 2 rings (SSSR count). The van der Waals surface area contributed by atoms with Crippen molar-refractivity contribution < 1.29 is 14.3 Å². The fourth-order valence-corrected chi connectivity index (χ4v) is 3.14. The summed E-state index contributed by atoms with van der Waals surface area (Å²) in [7, 11) is 0. The molecular formula is C12H12ClFN2O2S. The highest BCUT2D eigenvalue weighted by Gasteiger charge is 2.19. The predicted octanol–water partition coefficient (Wildman–Crippen LogP) is 4.69. The zero-order chi connectivity index (χ0) is 14.2. The van der Waals surface area contributed by atoms with Gasteiger partial charge in [0.05, 0.1) is 20.4 Å². The van der Waals surface area contributed by atoms with Crippen LogP contribution < -0.4 is 5.32 Å². The van der Waals surface area contributed by atoms with E-state index in [0.717, 1.165) is 17.5 Å². The van der Waals surface area contributed by atoms with Crippen molar-refractivity contribution in [1.82, 2.24) is 4.98 Å². The second-order valence-electron chi connectivity index (χ2n) is 4.18. The molecule has 4 nitrogen and oxygen atoms in total. The van der Waals surface area contributed by atoms with Gasteiger partial charge in [-0.05, 0) is 12.5 Å². The fraction of sp³-hybridized carbons (Fsp3) is 0.333. The molecule has 1 aromatic carbocycles. The Labute approximate surface area is 118 Å². The van der Waals surface area contributed by atoms with Gasteiger partial charge in [-0.15, -0.1) is 11.3 Å². The monoisotopic (exact) mass is 302 g/mol. The number of rotatable bonds is 3. The van der Waals surface area contributed by atoms with E-state index in [1.54, 1.807) is 0 Å². The molecule has 0 saturated carbocycles. The van der Waals surface area contributed by atoms with Crippen LogP contribution in [0.15, 0.2) is 6.07 Å². The van der Waals surface area contributed by atoms with Gasteiger partial charge in [0, 0.05) is 5.92 Å². The van der Waals surface area contributed by atoms with Gasteiger partial charge < -0.3 is 5.11 Å². The fourth-order valence-electron chi connectivity index (χ4n) is 1.64. The minimum atomic E-state index is -1.32. The number of hydrogen-bond acceptors (Lipinski definition) is 3. The van der Waals surface area contributed by atoms with Crippen LogP contribution in [0.1, 0.15) is 31.2 Å². The maximum atomic E-state index is 13.8. The number of halogens is 2. The number of carbonyl (C=O) groups is 1. The van der Waals surface area contributed by atoms with Crippen molar-refractivity contribution >= 4 is 44.9 Å². The van der Waals surface area contributed by atoms with Gasteiger partial charge in [0.15, 0.2) is 0 Å². The molecule has 0 spiro atoms. The Kier molecular flexibility index (Phi) is 3.91. The van der Waals surface area contributed by atoms with E-state index in [0.29, 0.717) is 10.2 Å². The third kappa shape index (κ3) is 2.64. The first-order chi connectivity index (χ1) is 8.93. The van der Waals surface area contributed by atoms with Crippen LogP contribution in [-0.4, -0.2) is 16.2 Å². The Morgan fingerprint density at radius 2 is 2.37 bits per heavy atom. The second kappa shape index (κ2) is 5.30. The Morgan fingerprint density at radius 1 is 1.68 bits per heavy atom. The van der Waals surface area contributed by atoms with Crippen LogP contribution in [0.4, 0.5) is 14.9 Å². The van der Waals surface area contributed by atoms with Crippen molar-refractivity contribution in [3.05, 3.63) is 21.9 Å². The molecule has 1 aromatic heterocycles. The van der Waals surface area contributed by atoms with Gasteiger partial charge in [-0.3, -0.25) is 5.32 Å². The number of hydrogen-bond donors (Lipinski definition) is 2. The second-order valence-corrected chi connectivity index (χ2v) is 5.62. The molecule has 1 unspecified atom stereocenters. The highest BCUT2D eigenvalue weighted by atomic mass is 35.5. The summed E-state index contributed by atoms with van der Waals surface area (Å²) in [5.41, 5.74) is 0.353. The first-order valence-corrected chi connectivity index (χ1v) is 6.91. The summed E-state index contributed by atoms with van der Waals surface area (Å²) in [6, 6.07) is 1.08. The van der Waals surface area contributed by atoms with Gasteiger partial charge in [0.25, 0.3) is 0 Å². The minimum absolute atomic E-state index is 0.0843. The van der Waals surface area contributed by atoms with Crippen molar-refractivity contribution in [3.8, 4) is 0 Å². The maximum Gasteiger partial charge on any atom is 0.409 e. The van der Waals surface area contributed by atoms with E-state index >= 15 is 0 Å². The number of fused-ring (bicyclic) bond motifs is 1. The first-order valence-electron chi connectivity index (χ1n) is 5.72. The third-order valence-corrected chi connectivity index (χ3v) is 4.45. The highest BCUT2D eigenvalue weighted by Crippen LogP contribution is 2.38. The van der Waals surface area contributed by atoms with Gasteiger partial charge in [-0.2, -0.15) is 0 Å². The van der Waals surface area contributed by atoms with Gasteiger partial charge >= 0.3 is 6.09 Å². The largest absolute Gasteiger partial charge is 0.465 e. The van der Waals surface area contributed by atoms with Crippen LogP contribution in [0.2, 0.25) is 5.02 Å². The highest BCUT2D eigenvalue weighted by molar-refractivity contribution is 7.19. The summed E-state index contributed by atoms with van der Waals surface area (Å²) >= 11 is 7.23. The topological polar surface area (TPSA) is 62.2 Å². The zero-order valence-corrected chi connectivity index (χ0v) is 11.9. The summed E-state index contributed by atoms with van der Waals surface area (Å²) in [6.45, 7) is 4.03. The van der Waals surface area contributed by atoms with Crippen molar-refractivity contribution in [2.45, 2.75) is 26.2 Å². The molecule has 0 bridgehead atoms. The van der Waals surface area contributed by atoms with E-state index in [9.17, 15) is 9.18 Å².